The van der Waals surface area contributed by atoms with Crippen LogP contribution in [0.15, 0.2) is 60.7 Å². The molecule has 16 heavy (non-hydrogen) atoms. The minimum absolute atomic E-state index is 0.327. The number of hydrogen-bond acceptors (Lipinski definition) is 2. The van der Waals surface area contributed by atoms with Gasteiger partial charge in [0.1, 0.15) is 0 Å². The van der Waals surface area contributed by atoms with Crippen molar-refractivity contribution in [3.05, 3.63) is 60.7 Å². The molecule has 2 aromatic rings. The zero-order valence-corrected chi connectivity index (χ0v) is 10.3. The molecule has 0 saturated heterocycles. The fourth-order valence-electron chi connectivity index (χ4n) is 1.50. The predicted molar refractivity (Wildman–Crippen MR) is 67.4 cm³/mol. The van der Waals surface area contributed by atoms with Crippen LogP contribution in [0.25, 0.3) is 0 Å². The van der Waals surface area contributed by atoms with Gasteiger partial charge >= 0.3 is 0 Å². The number of hydrogen-bond donors (Lipinski definition) is 0. The normalized spacial score (nSPS) is 11.5. The van der Waals surface area contributed by atoms with Crippen LogP contribution in [0, 0.1) is 0 Å². The Bertz CT molecular complexity index is 480. The summed E-state index contributed by atoms with van der Waals surface area (Å²) in [4.78, 5) is 0. The van der Waals surface area contributed by atoms with Crippen LogP contribution in [0.1, 0.15) is 0 Å². The Hall–Kier alpha value is -1.23. The molecule has 4 heteroatoms. The SMILES string of the molecule is O=PP(=O)(c1ccccc1)c1ccccc1. The lowest BCUT2D eigenvalue weighted by Gasteiger charge is -2.10. The van der Waals surface area contributed by atoms with E-state index in [2.05, 4.69) is 0 Å². The van der Waals surface area contributed by atoms with Gasteiger partial charge in [0.25, 0.3) is 0 Å². The van der Waals surface area contributed by atoms with E-state index in [1.807, 2.05) is 12.1 Å². The van der Waals surface area contributed by atoms with Gasteiger partial charge in [0, 0.05) is 10.6 Å². The minimum Gasteiger partial charge on any atom is -0.301 e. The molecule has 0 saturated carbocycles. The zero-order chi connectivity index (χ0) is 11.4. The molecule has 0 aliphatic carbocycles. The quantitative estimate of drug-likeness (QED) is 0.781. The van der Waals surface area contributed by atoms with Gasteiger partial charge in [-0.3, -0.25) is 4.57 Å². The summed E-state index contributed by atoms with van der Waals surface area (Å²) in [5.74, 6) is 0. The summed E-state index contributed by atoms with van der Waals surface area (Å²) in [5.41, 5.74) is 0. The molecule has 2 rings (SSSR count). The van der Waals surface area contributed by atoms with Gasteiger partial charge in [0.15, 0.2) is 0 Å². The highest BCUT2D eigenvalue weighted by Gasteiger charge is 2.27. The molecule has 0 aromatic heterocycles. The predicted octanol–water partition coefficient (Wildman–Crippen LogP) is 3.21. The summed E-state index contributed by atoms with van der Waals surface area (Å²) >= 11 is 0. The van der Waals surface area contributed by atoms with Crippen molar-refractivity contribution in [2.24, 2.45) is 0 Å². The van der Waals surface area contributed by atoms with Gasteiger partial charge in [-0.15, -0.1) is 0 Å². The zero-order valence-electron chi connectivity index (χ0n) is 8.48. The van der Waals surface area contributed by atoms with E-state index in [0.717, 1.165) is 0 Å². The second-order valence-electron chi connectivity index (χ2n) is 3.33. The first-order valence-corrected chi connectivity index (χ1v) is 8.06. The molecule has 0 unspecified atom stereocenters. The fourth-order valence-corrected chi connectivity index (χ4v) is 4.51. The van der Waals surface area contributed by atoms with Gasteiger partial charge in [-0.25, -0.2) is 0 Å². The Morgan fingerprint density at radius 2 is 1.12 bits per heavy atom. The highest BCUT2D eigenvalue weighted by Crippen LogP contribution is 2.55. The molecule has 0 aliphatic heterocycles. The van der Waals surface area contributed by atoms with Gasteiger partial charge in [0.2, 0.25) is 15.0 Å². The van der Waals surface area contributed by atoms with Crippen LogP contribution in [0.3, 0.4) is 0 Å². The molecule has 0 spiro atoms. The summed E-state index contributed by atoms with van der Waals surface area (Å²) in [6.07, 6.45) is 0. The van der Waals surface area contributed by atoms with Crippen molar-refractivity contribution in [2.75, 3.05) is 0 Å². The Labute approximate surface area is 95.8 Å². The van der Waals surface area contributed by atoms with Crippen molar-refractivity contribution < 1.29 is 9.13 Å². The van der Waals surface area contributed by atoms with Crippen LogP contribution in [-0.2, 0) is 9.13 Å². The molecule has 0 atom stereocenters. The summed E-state index contributed by atoms with van der Waals surface area (Å²) in [6, 6.07) is 17.9. The van der Waals surface area contributed by atoms with Gasteiger partial charge in [-0.2, -0.15) is 0 Å². The van der Waals surface area contributed by atoms with Crippen molar-refractivity contribution in [3.63, 3.8) is 0 Å². The lowest BCUT2D eigenvalue weighted by Crippen LogP contribution is -2.11. The van der Waals surface area contributed by atoms with E-state index in [1.54, 1.807) is 48.5 Å². The largest absolute Gasteiger partial charge is 0.301 e. The molecule has 0 heterocycles. The Morgan fingerprint density at radius 1 is 0.750 bits per heavy atom. The monoisotopic (exact) mass is 248 g/mol. The van der Waals surface area contributed by atoms with Gasteiger partial charge in [-0.05, 0) is 0 Å². The molecule has 2 nitrogen and oxygen atoms in total. The van der Waals surface area contributed by atoms with Crippen LogP contribution in [0.4, 0.5) is 0 Å². The molecule has 0 radical (unpaired) electrons. The molecule has 0 amide bonds. The summed E-state index contributed by atoms with van der Waals surface area (Å²) in [5, 5.41) is 1.25. The average molecular weight is 248 g/mol. The average Bonchev–Trinajstić information content (AvgIpc) is 2.40. The molecule has 0 fully saturated rings. The summed E-state index contributed by atoms with van der Waals surface area (Å²) < 4.78 is 23.9. The molecule has 0 aliphatic rings. The van der Waals surface area contributed by atoms with Crippen molar-refractivity contribution in [1.29, 1.82) is 0 Å². The minimum atomic E-state index is -2.99. The van der Waals surface area contributed by atoms with Crippen molar-refractivity contribution in [2.45, 2.75) is 0 Å². The molecule has 80 valence electrons. The molecule has 0 bridgehead atoms. The Morgan fingerprint density at radius 3 is 1.44 bits per heavy atom. The smallest absolute Gasteiger partial charge is 0.231 e. The van der Waals surface area contributed by atoms with Crippen LogP contribution in [0.5, 0.6) is 0 Å². The van der Waals surface area contributed by atoms with Crippen LogP contribution in [-0.4, -0.2) is 0 Å². The maximum Gasteiger partial charge on any atom is 0.231 e. The van der Waals surface area contributed by atoms with E-state index in [4.69, 9.17) is 0 Å². The first-order chi connectivity index (χ1) is 7.77. The van der Waals surface area contributed by atoms with E-state index in [9.17, 15) is 9.13 Å². The van der Waals surface area contributed by atoms with E-state index in [-0.39, 0.29) is 8.15 Å². The van der Waals surface area contributed by atoms with Crippen LogP contribution < -0.4 is 10.6 Å². The highest BCUT2D eigenvalue weighted by molar-refractivity contribution is 8.27. The van der Waals surface area contributed by atoms with Crippen LogP contribution >= 0.6 is 15.0 Å². The third-order valence-electron chi connectivity index (χ3n) is 2.33. The van der Waals surface area contributed by atoms with Crippen molar-refractivity contribution in [3.8, 4) is 0 Å². The molecule has 2 aromatic carbocycles. The van der Waals surface area contributed by atoms with E-state index in [0.29, 0.717) is 10.6 Å². The first kappa shape index (κ1) is 11.3. The Balaban J connectivity index is 2.58. The molecule has 0 N–H and O–H groups in total. The highest BCUT2D eigenvalue weighted by atomic mass is 32.1. The fraction of sp³-hybridized carbons (Fsp3) is 0. The Kier molecular flexibility index (Phi) is 3.33. The second-order valence-corrected chi connectivity index (χ2v) is 7.86. The summed E-state index contributed by atoms with van der Waals surface area (Å²) in [6.45, 7) is -2.99. The summed E-state index contributed by atoms with van der Waals surface area (Å²) in [7, 11) is -0.327. The topological polar surface area (TPSA) is 34.1 Å². The standard InChI is InChI=1S/C12H10O2P2/c13-15-16(14,11-7-3-1-4-8-11)12-9-5-2-6-10-12/h1-10H. The van der Waals surface area contributed by atoms with Gasteiger partial charge in [0.05, 0.1) is 0 Å². The number of benzene rings is 2. The van der Waals surface area contributed by atoms with Crippen molar-refractivity contribution >= 4 is 25.6 Å². The molecular formula is C12H10O2P2. The van der Waals surface area contributed by atoms with Crippen molar-refractivity contribution in [1.82, 2.24) is 0 Å². The van der Waals surface area contributed by atoms with E-state index in [1.165, 1.54) is 0 Å². The molecular weight excluding hydrogens is 238 g/mol. The van der Waals surface area contributed by atoms with E-state index < -0.39 is 6.83 Å². The van der Waals surface area contributed by atoms with Crippen LogP contribution in [0.2, 0.25) is 0 Å². The number of rotatable bonds is 3. The van der Waals surface area contributed by atoms with E-state index >= 15 is 0 Å². The maximum atomic E-state index is 12.7. The first-order valence-electron chi connectivity index (χ1n) is 4.83. The van der Waals surface area contributed by atoms with Gasteiger partial charge < -0.3 is 4.57 Å². The van der Waals surface area contributed by atoms with Gasteiger partial charge in [-0.1, -0.05) is 60.7 Å². The lowest BCUT2D eigenvalue weighted by atomic mass is 10.4. The second kappa shape index (κ2) is 4.74. The third-order valence-corrected chi connectivity index (χ3v) is 6.63. The third kappa shape index (κ3) is 2.00. The lowest BCUT2D eigenvalue weighted by molar-refractivity contribution is 0.585. The maximum absolute atomic E-state index is 12.7.